The molecule has 0 aliphatic carbocycles. The molecule has 0 radical (unpaired) electrons. The van der Waals surface area contributed by atoms with Gasteiger partial charge in [0.05, 0.1) is 13.4 Å². The highest BCUT2D eigenvalue weighted by atomic mass is 16.5. The first kappa shape index (κ1) is 13.7. The molecule has 0 aliphatic heterocycles. The van der Waals surface area contributed by atoms with Crippen LogP contribution in [-0.4, -0.2) is 7.11 Å². The van der Waals surface area contributed by atoms with Gasteiger partial charge >= 0.3 is 0 Å². The van der Waals surface area contributed by atoms with Crippen LogP contribution in [0.5, 0.6) is 5.75 Å². The van der Waals surface area contributed by atoms with Gasteiger partial charge in [-0.05, 0) is 30.7 Å². The average Bonchev–Trinajstić information content (AvgIpc) is 2.96. The van der Waals surface area contributed by atoms with Crippen molar-refractivity contribution < 1.29 is 9.15 Å². The normalized spacial score (nSPS) is 12.5. The molecule has 1 atom stereocenters. The highest BCUT2D eigenvalue weighted by Gasteiger charge is 2.09. The van der Waals surface area contributed by atoms with Crippen molar-refractivity contribution in [3.8, 4) is 5.75 Å². The van der Waals surface area contributed by atoms with Crippen molar-refractivity contribution in [2.45, 2.75) is 19.5 Å². The topological polar surface area (TPSA) is 34.4 Å². The van der Waals surface area contributed by atoms with Crippen molar-refractivity contribution in [2.24, 2.45) is 0 Å². The number of ether oxygens (including phenoxy) is 1. The SMILES string of the molecule is COc1cccc(C(C)NCc2coc3ccccc23)c1. The minimum absolute atomic E-state index is 0.244. The maximum atomic E-state index is 5.56. The fourth-order valence-corrected chi connectivity index (χ4v) is 2.46. The molecule has 3 aromatic rings. The van der Waals surface area contributed by atoms with E-state index < -0.39 is 0 Å². The zero-order valence-electron chi connectivity index (χ0n) is 12.3. The van der Waals surface area contributed by atoms with Crippen molar-refractivity contribution in [1.29, 1.82) is 0 Å². The minimum Gasteiger partial charge on any atom is -0.497 e. The van der Waals surface area contributed by atoms with Gasteiger partial charge in [0.2, 0.25) is 0 Å². The molecule has 0 fully saturated rings. The van der Waals surface area contributed by atoms with Crippen molar-refractivity contribution in [2.75, 3.05) is 7.11 Å². The highest BCUT2D eigenvalue weighted by Crippen LogP contribution is 2.23. The number of fused-ring (bicyclic) bond motifs is 1. The Morgan fingerprint density at radius 1 is 1.14 bits per heavy atom. The van der Waals surface area contributed by atoms with E-state index in [4.69, 9.17) is 9.15 Å². The molecule has 0 saturated carbocycles. The van der Waals surface area contributed by atoms with Crippen LogP contribution in [0.4, 0.5) is 0 Å². The van der Waals surface area contributed by atoms with Gasteiger partial charge in [0.1, 0.15) is 11.3 Å². The molecule has 0 saturated heterocycles. The van der Waals surface area contributed by atoms with E-state index in [2.05, 4.69) is 30.4 Å². The zero-order valence-corrected chi connectivity index (χ0v) is 12.3. The second-order valence-corrected chi connectivity index (χ2v) is 5.14. The number of nitrogens with one attached hydrogen (secondary N) is 1. The molecule has 0 spiro atoms. The third-order valence-corrected chi connectivity index (χ3v) is 3.75. The fraction of sp³-hybridized carbons (Fsp3) is 0.222. The molecule has 3 rings (SSSR count). The van der Waals surface area contributed by atoms with Crippen LogP contribution in [0, 0.1) is 0 Å². The van der Waals surface area contributed by atoms with Crippen LogP contribution in [0.1, 0.15) is 24.1 Å². The second kappa shape index (κ2) is 6.02. The van der Waals surface area contributed by atoms with E-state index in [0.29, 0.717) is 0 Å². The molecule has 0 aliphatic rings. The maximum Gasteiger partial charge on any atom is 0.134 e. The molecular weight excluding hydrogens is 262 g/mol. The number of furan rings is 1. The monoisotopic (exact) mass is 281 g/mol. The molecular formula is C18H19NO2. The van der Waals surface area contributed by atoms with E-state index in [-0.39, 0.29) is 6.04 Å². The van der Waals surface area contributed by atoms with Gasteiger partial charge in [-0.2, -0.15) is 0 Å². The average molecular weight is 281 g/mol. The third-order valence-electron chi connectivity index (χ3n) is 3.75. The number of hydrogen-bond acceptors (Lipinski definition) is 3. The van der Waals surface area contributed by atoms with E-state index in [1.807, 2.05) is 36.6 Å². The summed E-state index contributed by atoms with van der Waals surface area (Å²) in [5.74, 6) is 0.884. The predicted molar refractivity (Wildman–Crippen MR) is 84.5 cm³/mol. The zero-order chi connectivity index (χ0) is 14.7. The molecule has 1 unspecified atom stereocenters. The van der Waals surface area contributed by atoms with Gasteiger partial charge in [-0.25, -0.2) is 0 Å². The molecule has 3 heteroatoms. The molecule has 0 bridgehead atoms. The maximum absolute atomic E-state index is 5.56. The summed E-state index contributed by atoms with van der Waals surface area (Å²) in [6.45, 7) is 2.92. The number of rotatable bonds is 5. The molecule has 1 aromatic heterocycles. The lowest BCUT2D eigenvalue weighted by molar-refractivity contribution is 0.413. The van der Waals surface area contributed by atoms with Gasteiger partial charge in [-0.15, -0.1) is 0 Å². The van der Waals surface area contributed by atoms with Gasteiger partial charge in [0.15, 0.2) is 0 Å². The Bertz CT molecular complexity index is 733. The highest BCUT2D eigenvalue weighted by molar-refractivity contribution is 5.80. The van der Waals surface area contributed by atoms with Crippen LogP contribution < -0.4 is 10.1 Å². The van der Waals surface area contributed by atoms with E-state index in [0.717, 1.165) is 17.9 Å². The summed E-state index contributed by atoms with van der Waals surface area (Å²) >= 11 is 0. The lowest BCUT2D eigenvalue weighted by atomic mass is 10.1. The molecule has 2 aromatic carbocycles. The Balaban J connectivity index is 1.72. The Labute approximate surface area is 124 Å². The van der Waals surface area contributed by atoms with Crippen LogP contribution in [0.15, 0.2) is 59.2 Å². The van der Waals surface area contributed by atoms with E-state index in [9.17, 15) is 0 Å². The van der Waals surface area contributed by atoms with Crippen LogP contribution in [-0.2, 0) is 6.54 Å². The summed E-state index contributed by atoms with van der Waals surface area (Å²) in [6, 6.07) is 16.5. The van der Waals surface area contributed by atoms with Crippen LogP contribution in [0.2, 0.25) is 0 Å². The van der Waals surface area contributed by atoms with E-state index in [1.165, 1.54) is 16.5 Å². The van der Waals surface area contributed by atoms with Gasteiger partial charge in [-0.3, -0.25) is 0 Å². The van der Waals surface area contributed by atoms with E-state index >= 15 is 0 Å². The van der Waals surface area contributed by atoms with Gasteiger partial charge in [0, 0.05) is 23.5 Å². The number of benzene rings is 2. The van der Waals surface area contributed by atoms with Crippen LogP contribution in [0.25, 0.3) is 11.0 Å². The summed E-state index contributed by atoms with van der Waals surface area (Å²) in [5.41, 5.74) is 3.32. The van der Waals surface area contributed by atoms with Gasteiger partial charge in [0.25, 0.3) is 0 Å². The molecule has 1 heterocycles. The molecule has 21 heavy (non-hydrogen) atoms. The number of hydrogen-bond donors (Lipinski definition) is 1. The molecule has 1 N–H and O–H groups in total. The van der Waals surface area contributed by atoms with Crippen molar-refractivity contribution in [3.63, 3.8) is 0 Å². The first-order valence-corrected chi connectivity index (χ1v) is 7.10. The second-order valence-electron chi connectivity index (χ2n) is 5.14. The Kier molecular flexibility index (Phi) is 3.93. The minimum atomic E-state index is 0.244. The first-order valence-electron chi connectivity index (χ1n) is 7.10. The van der Waals surface area contributed by atoms with Crippen molar-refractivity contribution >= 4 is 11.0 Å². The smallest absolute Gasteiger partial charge is 0.134 e. The summed E-state index contributed by atoms with van der Waals surface area (Å²) in [7, 11) is 1.69. The Morgan fingerprint density at radius 2 is 2.00 bits per heavy atom. The molecule has 0 amide bonds. The summed E-state index contributed by atoms with van der Waals surface area (Å²) in [4.78, 5) is 0. The van der Waals surface area contributed by atoms with E-state index in [1.54, 1.807) is 7.11 Å². The standard InChI is InChI=1S/C18H19NO2/c1-13(14-6-5-7-16(10-14)20-2)19-11-15-12-21-18-9-4-3-8-17(15)18/h3-10,12-13,19H,11H2,1-2H3. The van der Waals surface area contributed by atoms with Crippen molar-refractivity contribution in [1.82, 2.24) is 5.32 Å². The van der Waals surface area contributed by atoms with Gasteiger partial charge < -0.3 is 14.5 Å². The summed E-state index contributed by atoms with van der Waals surface area (Å²) in [5, 5.41) is 4.70. The number of para-hydroxylation sites is 1. The van der Waals surface area contributed by atoms with Crippen molar-refractivity contribution in [3.05, 3.63) is 65.9 Å². The molecule has 108 valence electrons. The largest absolute Gasteiger partial charge is 0.497 e. The molecule has 3 nitrogen and oxygen atoms in total. The van der Waals surface area contributed by atoms with Gasteiger partial charge in [-0.1, -0.05) is 30.3 Å². The van der Waals surface area contributed by atoms with Crippen LogP contribution >= 0.6 is 0 Å². The predicted octanol–water partition coefficient (Wildman–Crippen LogP) is 4.29. The summed E-state index contributed by atoms with van der Waals surface area (Å²) in [6.07, 6.45) is 1.83. The third kappa shape index (κ3) is 2.93. The summed E-state index contributed by atoms with van der Waals surface area (Å²) < 4.78 is 10.8. The Morgan fingerprint density at radius 3 is 2.86 bits per heavy atom. The lowest BCUT2D eigenvalue weighted by Gasteiger charge is -2.14. The Hall–Kier alpha value is -2.26. The van der Waals surface area contributed by atoms with Crippen LogP contribution in [0.3, 0.4) is 0 Å². The quantitative estimate of drug-likeness (QED) is 0.757. The lowest BCUT2D eigenvalue weighted by Crippen LogP contribution is -2.17. The first-order chi connectivity index (χ1) is 10.3. The fourth-order valence-electron chi connectivity index (χ4n) is 2.46. The number of methoxy groups -OCH3 is 1.